The van der Waals surface area contributed by atoms with E-state index in [2.05, 4.69) is 27.7 Å². The van der Waals surface area contributed by atoms with Gasteiger partial charge in [0.25, 0.3) is 5.91 Å². The van der Waals surface area contributed by atoms with Crippen molar-refractivity contribution in [3.63, 3.8) is 0 Å². The largest absolute Gasteiger partial charge is 0.375 e. The lowest BCUT2D eigenvalue weighted by Crippen LogP contribution is -2.42. The zero-order chi connectivity index (χ0) is 20.5. The van der Waals surface area contributed by atoms with Crippen LogP contribution >= 0.6 is 0 Å². The Morgan fingerprint density at radius 3 is 2.32 bits per heavy atom. The van der Waals surface area contributed by atoms with Gasteiger partial charge in [-0.05, 0) is 23.5 Å². The molecule has 0 unspecified atom stereocenters. The Labute approximate surface area is 167 Å². The van der Waals surface area contributed by atoms with Crippen molar-refractivity contribution in [1.29, 1.82) is 0 Å². The van der Waals surface area contributed by atoms with E-state index in [9.17, 15) is 14.7 Å². The van der Waals surface area contributed by atoms with Gasteiger partial charge in [-0.3, -0.25) is 9.59 Å². The van der Waals surface area contributed by atoms with E-state index in [1.165, 1.54) is 0 Å². The number of fused-ring (bicyclic) bond motifs is 1. The number of Topliss-reactive ketones (excluding diaryl/α,β-unsaturated/α-hetero) is 1. The fraction of sp³-hybridized carbons (Fsp3) is 0.417. The van der Waals surface area contributed by atoms with Crippen molar-refractivity contribution in [3.05, 3.63) is 65.2 Å². The van der Waals surface area contributed by atoms with Crippen molar-refractivity contribution in [2.75, 3.05) is 11.4 Å². The topological polar surface area (TPSA) is 57.6 Å². The molecule has 2 aromatic carbocycles. The van der Waals surface area contributed by atoms with Crippen LogP contribution in [-0.4, -0.2) is 23.3 Å². The minimum absolute atomic E-state index is 0.0000828. The average molecular weight is 380 g/mol. The van der Waals surface area contributed by atoms with E-state index >= 15 is 0 Å². The molecule has 0 saturated carbocycles. The Morgan fingerprint density at radius 2 is 1.71 bits per heavy atom. The first-order valence-electron chi connectivity index (χ1n) is 9.96. The minimum atomic E-state index is -1.80. The van der Waals surface area contributed by atoms with Crippen molar-refractivity contribution in [2.24, 2.45) is 0 Å². The SMILES string of the molecule is CCCCN1C(=O)[C@](O)(CC(=O)c2ccc(C(C)(C)C)cc2)c2ccccc21. The lowest BCUT2D eigenvalue weighted by Gasteiger charge is -2.23. The van der Waals surface area contributed by atoms with E-state index in [1.54, 1.807) is 29.2 Å². The molecule has 1 heterocycles. The van der Waals surface area contributed by atoms with E-state index in [0.717, 1.165) is 18.4 Å². The maximum absolute atomic E-state index is 13.1. The van der Waals surface area contributed by atoms with Crippen LogP contribution in [0.4, 0.5) is 5.69 Å². The third-order valence-electron chi connectivity index (χ3n) is 5.46. The van der Waals surface area contributed by atoms with Crippen LogP contribution in [0, 0.1) is 0 Å². The number of aliphatic hydroxyl groups is 1. The van der Waals surface area contributed by atoms with Crippen LogP contribution in [0.3, 0.4) is 0 Å². The molecule has 4 nitrogen and oxygen atoms in total. The molecule has 1 aliphatic heterocycles. The molecule has 4 heteroatoms. The molecule has 0 radical (unpaired) electrons. The highest BCUT2D eigenvalue weighted by molar-refractivity contribution is 6.10. The van der Waals surface area contributed by atoms with Crippen molar-refractivity contribution in [1.82, 2.24) is 0 Å². The highest BCUT2D eigenvalue weighted by atomic mass is 16.3. The molecule has 148 valence electrons. The number of hydrogen-bond acceptors (Lipinski definition) is 3. The Kier molecular flexibility index (Phi) is 5.44. The van der Waals surface area contributed by atoms with Crippen molar-refractivity contribution >= 4 is 17.4 Å². The maximum Gasteiger partial charge on any atom is 0.264 e. The van der Waals surface area contributed by atoms with Gasteiger partial charge in [0.2, 0.25) is 0 Å². The lowest BCUT2D eigenvalue weighted by atomic mass is 9.85. The van der Waals surface area contributed by atoms with Crippen molar-refractivity contribution in [3.8, 4) is 0 Å². The number of rotatable bonds is 6. The number of nitrogens with zero attached hydrogens (tertiary/aromatic N) is 1. The predicted molar refractivity (Wildman–Crippen MR) is 112 cm³/mol. The second kappa shape index (κ2) is 7.51. The summed E-state index contributed by atoms with van der Waals surface area (Å²) in [6.07, 6.45) is 1.54. The zero-order valence-electron chi connectivity index (χ0n) is 17.2. The summed E-state index contributed by atoms with van der Waals surface area (Å²) in [5.74, 6) is -0.634. The summed E-state index contributed by atoms with van der Waals surface area (Å²) in [6, 6.07) is 14.7. The molecular formula is C24H29NO3. The fourth-order valence-corrected chi connectivity index (χ4v) is 3.71. The van der Waals surface area contributed by atoms with E-state index < -0.39 is 11.5 Å². The molecule has 0 spiro atoms. The van der Waals surface area contributed by atoms with Crippen molar-refractivity contribution in [2.45, 2.75) is 58.0 Å². The molecule has 1 N–H and O–H groups in total. The van der Waals surface area contributed by atoms with Gasteiger partial charge in [-0.15, -0.1) is 0 Å². The molecule has 0 bridgehead atoms. The summed E-state index contributed by atoms with van der Waals surface area (Å²) in [4.78, 5) is 27.6. The Morgan fingerprint density at radius 1 is 1.07 bits per heavy atom. The van der Waals surface area contributed by atoms with Crippen molar-refractivity contribution < 1.29 is 14.7 Å². The summed E-state index contributed by atoms with van der Waals surface area (Å²) < 4.78 is 0. The van der Waals surface area contributed by atoms with Crippen LogP contribution in [0.2, 0.25) is 0 Å². The summed E-state index contributed by atoms with van der Waals surface area (Å²) in [6.45, 7) is 8.95. The van der Waals surface area contributed by atoms with Gasteiger partial charge in [-0.1, -0.05) is 76.6 Å². The summed E-state index contributed by atoms with van der Waals surface area (Å²) in [7, 11) is 0. The highest BCUT2D eigenvalue weighted by Gasteiger charge is 2.50. The number of unbranched alkanes of at least 4 members (excludes halogenated alkanes) is 1. The van der Waals surface area contributed by atoms with Crippen LogP contribution in [0.5, 0.6) is 0 Å². The first-order valence-corrected chi connectivity index (χ1v) is 9.96. The smallest absolute Gasteiger partial charge is 0.264 e. The quantitative estimate of drug-likeness (QED) is 0.747. The second-order valence-electron chi connectivity index (χ2n) is 8.62. The molecule has 1 amide bonds. The first kappa shape index (κ1) is 20.3. The molecule has 1 atom stereocenters. The van der Waals surface area contributed by atoms with Gasteiger partial charge < -0.3 is 10.0 Å². The van der Waals surface area contributed by atoms with Crippen LogP contribution in [0.1, 0.15) is 68.4 Å². The number of anilines is 1. The molecule has 3 rings (SSSR count). The number of carbonyl (C=O) groups excluding carboxylic acids is 2. The van der Waals surface area contributed by atoms with Gasteiger partial charge in [0, 0.05) is 17.7 Å². The number of carbonyl (C=O) groups is 2. The Hall–Kier alpha value is -2.46. The average Bonchev–Trinajstić information content (AvgIpc) is 2.87. The molecular weight excluding hydrogens is 350 g/mol. The number of hydrogen-bond donors (Lipinski definition) is 1. The number of ketones is 1. The molecule has 1 aliphatic rings. The van der Waals surface area contributed by atoms with E-state index in [1.807, 2.05) is 24.3 Å². The molecule has 28 heavy (non-hydrogen) atoms. The molecule has 0 fully saturated rings. The third kappa shape index (κ3) is 3.61. The van der Waals surface area contributed by atoms with Gasteiger partial charge in [0.15, 0.2) is 11.4 Å². The molecule has 0 aliphatic carbocycles. The monoisotopic (exact) mass is 379 g/mol. The van der Waals surface area contributed by atoms with Gasteiger partial charge in [-0.2, -0.15) is 0 Å². The van der Waals surface area contributed by atoms with E-state index in [-0.39, 0.29) is 17.6 Å². The minimum Gasteiger partial charge on any atom is -0.375 e. The summed E-state index contributed by atoms with van der Waals surface area (Å²) in [5, 5.41) is 11.3. The normalized spacial score (nSPS) is 19.0. The first-order chi connectivity index (χ1) is 13.2. The van der Waals surface area contributed by atoms with Gasteiger partial charge in [0.05, 0.1) is 12.1 Å². The number of amides is 1. The second-order valence-corrected chi connectivity index (χ2v) is 8.62. The van der Waals surface area contributed by atoms with Crippen LogP contribution in [-0.2, 0) is 15.8 Å². The standard InChI is InChI=1S/C24H29NO3/c1-5-6-15-25-20-10-8-7-9-19(20)24(28,22(25)27)16-21(26)17-11-13-18(14-12-17)23(2,3)4/h7-14,28H,5-6,15-16H2,1-4H3/t24-/m0/s1. The zero-order valence-corrected chi connectivity index (χ0v) is 17.2. The highest BCUT2D eigenvalue weighted by Crippen LogP contribution is 2.43. The molecule has 0 aromatic heterocycles. The lowest BCUT2D eigenvalue weighted by molar-refractivity contribution is -0.135. The van der Waals surface area contributed by atoms with Crippen LogP contribution in [0.25, 0.3) is 0 Å². The Balaban J connectivity index is 1.88. The third-order valence-corrected chi connectivity index (χ3v) is 5.46. The predicted octanol–water partition coefficient (Wildman–Crippen LogP) is 4.59. The van der Waals surface area contributed by atoms with E-state index in [4.69, 9.17) is 0 Å². The summed E-state index contributed by atoms with van der Waals surface area (Å²) >= 11 is 0. The number of benzene rings is 2. The van der Waals surface area contributed by atoms with Gasteiger partial charge in [-0.25, -0.2) is 0 Å². The van der Waals surface area contributed by atoms with E-state index in [0.29, 0.717) is 23.4 Å². The van der Waals surface area contributed by atoms with Gasteiger partial charge in [0.1, 0.15) is 0 Å². The molecule has 2 aromatic rings. The Bertz CT molecular complexity index is 879. The molecule has 0 saturated heterocycles. The summed E-state index contributed by atoms with van der Waals surface area (Å²) in [5.41, 5.74) is 1.08. The maximum atomic E-state index is 13.1. The number of para-hydroxylation sites is 1. The van der Waals surface area contributed by atoms with Gasteiger partial charge >= 0.3 is 0 Å². The fourth-order valence-electron chi connectivity index (χ4n) is 3.71. The van der Waals surface area contributed by atoms with Crippen LogP contribution in [0.15, 0.2) is 48.5 Å². The van der Waals surface area contributed by atoms with Crippen LogP contribution < -0.4 is 4.90 Å².